The van der Waals surface area contributed by atoms with Gasteiger partial charge in [-0.05, 0) is 30.5 Å². The molecule has 0 saturated heterocycles. The highest BCUT2D eigenvalue weighted by molar-refractivity contribution is 5.81. The Hall–Kier alpha value is -1.41. The molecule has 1 aromatic heterocycles. The van der Waals surface area contributed by atoms with Crippen molar-refractivity contribution in [2.45, 2.75) is 25.8 Å². The maximum absolute atomic E-state index is 4.47. The smallest absolute Gasteiger partial charge is 0.0746 e. The summed E-state index contributed by atoms with van der Waals surface area (Å²) in [5.41, 5.74) is 2.44. The van der Waals surface area contributed by atoms with Crippen molar-refractivity contribution >= 4 is 10.9 Å². The van der Waals surface area contributed by atoms with E-state index in [0.29, 0.717) is 0 Å². The van der Waals surface area contributed by atoms with E-state index in [1.807, 2.05) is 12.3 Å². The first-order chi connectivity index (χ1) is 8.43. The maximum atomic E-state index is 4.47. The van der Waals surface area contributed by atoms with Crippen LogP contribution in [0.15, 0.2) is 36.5 Å². The molecule has 1 N–H and O–H groups in total. The minimum Gasteiger partial charge on any atom is -0.313 e. The van der Waals surface area contributed by atoms with Gasteiger partial charge in [-0.15, -0.1) is 0 Å². The molecule has 2 heteroatoms. The molecule has 3 rings (SSSR count). The van der Waals surface area contributed by atoms with Crippen LogP contribution in [0.1, 0.15) is 24.8 Å². The summed E-state index contributed by atoms with van der Waals surface area (Å²) in [7, 11) is 0. The fraction of sp³-hybridized carbons (Fsp3) is 0.400. The molecule has 0 amide bonds. The number of pyridine rings is 1. The second kappa shape index (κ2) is 4.84. The van der Waals surface area contributed by atoms with E-state index < -0.39 is 0 Å². The second-order valence-corrected chi connectivity index (χ2v) is 4.90. The van der Waals surface area contributed by atoms with Crippen LogP contribution in [0, 0.1) is 5.92 Å². The Balaban J connectivity index is 1.66. The fourth-order valence-corrected chi connectivity index (χ4v) is 2.25. The van der Waals surface area contributed by atoms with E-state index in [9.17, 15) is 0 Å². The summed E-state index contributed by atoms with van der Waals surface area (Å²) in [5, 5.41) is 4.76. The SMILES string of the molecule is c1cnc2c(CNCCC3CC3)cccc2c1. The van der Waals surface area contributed by atoms with Gasteiger partial charge >= 0.3 is 0 Å². The Labute approximate surface area is 102 Å². The molecule has 0 unspecified atom stereocenters. The van der Waals surface area contributed by atoms with Crippen LogP contribution in [-0.2, 0) is 6.54 Å². The molecule has 0 bridgehead atoms. The van der Waals surface area contributed by atoms with Crippen molar-refractivity contribution in [1.82, 2.24) is 10.3 Å². The number of para-hydroxylation sites is 1. The first-order valence-electron chi connectivity index (χ1n) is 6.47. The van der Waals surface area contributed by atoms with E-state index in [1.54, 1.807) is 0 Å². The number of rotatable bonds is 5. The van der Waals surface area contributed by atoms with Crippen LogP contribution >= 0.6 is 0 Å². The summed E-state index contributed by atoms with van der Waals surface area (Å²) in [5.74, 6) is 1.01. The molecule has 1 aromatic carbocycles. The average Bonchev–Trinajstić information content (AvgIpc) is 3.19. The predicted molar refractivity (Wildman–Crippen MR) is 70.8 cm³/mol. The monoisotopic (exact) mass is 226 g/mol. The molecule has 0 spiro atoms. The molecule has 1 aliphatic carbocycles. The van der Waals surface area contributed by atoms with Crippen LogP contribution in [0.3, 0.4) is 0 Å². The third kappa shape index (κ3) is 2.64. The van der Waals surface area contributed by atoms with Gasteiger partial charge in [-0.1, -0.05) is 37.1 Å². The molecule has 0 radical (unpaired) electrons. The van der Waals surface area contributed by atoms with Crippen molar-refractivity contribution in [3.05, 3.63) is 42.1 Å². The lowest BCUT2D eigenvalue weighted by Crippen LogP contribution is -2.15. The number of nitrogens with zero attached hydrogens (tertiary/aromatic N) is 1. The molecule has 1 fully saturated rings. The zero-order valence-electron chi connectivity index (χ0n) is 10.0. The van der Waals surface area contributed by atoms with Crippen LogP contribution in [0.4, 0.5) is 0 Å². The average molecular weight is 226 g/mol. The Morgan fingerprint density at radius 2 is 2.06 bits per heavy atom. The van der Waals surface area contributed by atoms with Crippen LogP contribution in [0.25, 0.3) is 10.9 Å². The Kier molecular flexibility index (Phi) is 3.06. The van der Waals surface area contributed by atoms with Gasteiger partial charge in [0.25, 0.3) is 0 Å². The van der Waals surface area contributed by atoms with E-state index in [4.69, 9.17) is 0 Å². The third-order valence-corrected chi connectivity index (χ3v) is 3.46. The van der Waals surface area contributed by atoms with Gasteiger partial charge in [0.2, 0.25) is 0 Å². The topological polar surface area (TPSA) is 24.9 Å². The lowest BCUT2D eigenvalue weighted by molar-refractivity contribution is 0.614. The summed E-state index contributed by atoms with van der Waals surface area (Å²) >= 11 is 0. The number of aromatic nitrogens is 1. The van der Waals surface area contributed by atoms with Crippen molar-refractivity contribution in [2.75, 3.05) is 6.54 Å². The van der Waals surface area contributed by atoms with Crippen molar-refractivity contribution in [3.63, 3.8) is 0 Å². The Bertz CT molecular complexity index is 498. The molecule has 0 aliphatic heterocycles. The summed E-state index contributed by atoms with van der Waals surface area (Å²) in [6.07, 6.45) is 6.09. The number of hydrogen-bond donors (Lipinski definition) is 1. The summed E-state index contributed by atoms with van der Waals surface area (Å²) in [6, 6.07) is 10.5. The molecular weight excluding hydrogens is 208 g/mol. The van der Waals surface area contributed by atoms with E-state index in [-0.39, 0.29) is 0 Å². The molecule has 17 heavy (non-hydrogen) atoms. The summed E-state index contributed by atoms with van der Waals surface area (Å²) in [4.78, 5) is 4.47. The third-order valence-electron chi connectivity index (χ3n) is 3.46. The van der Waals surface area contributed by atoms with E-state index >= 15 is 0 Å². The van der Waals surface area contributed by atoms with Crippen LogP contribution in [0.5, 0.6) is 0 Å². The van der Waals surface area contributed by atoms with Crippen LogP contribution < -0.4 is 5.32 Å². The molecule has 1 heterocycles. The largest absolute Gasteiger partial charge is 0.313 e. The Morgan fingerprint density at radius 1 is 1.18 bits per heavy atom. The zero-order chi connectivity index (χ0) is 11.5. The molecule has 0 atom stereocenters. The molecular formula is C15H18N2. The van der Waals surface area contributed by atoms with Crippen molar-refractivity contribution in [2.24, 2.45) is 5.92 Å². The Morgan fingerprint density at radius 3 is 2.94 bits per heavy atom. The van der Waals surface area contributed by atoms with Crippen molar-refractivity contribution in [1.29, 1.82) is 0 Å². The normalized spacial score (nSPS) is 15.3. The molecule has 1 saturated carbocycles. The lowest BCUT2D eigenvalue weighted by atomic mass is 10.1. The van der Waals surface area contributed by atoms with Crippen molar-refractivity contribution < 1.29 is 0 Å². The van der Waals surface area contributed by atoms with Crippen molar-refractivity contribution in [3.8, 4) is 0 Å². The minimum atomic E-state index is 0.932. The van der Waals surface area contributed by atoms with Gasteiger partial charge in [-0.2, -0.15) is 0 Å². The summed E-state index contributed by atoms with van der Waals surface area (Å²) in [6.45, 7) is 2.06. The highest BCUT2D eigenvalue weighted by Crippen LogP contribution is 2.31. The number of hydrogen-bond acceptors (Lipinski definition) is 2. The number of nitrogens with one attached hydrogen (secondary N) is 1. The molecule has 2 nitrogen and oxygen atoms in total. The lowest BCUT2D eigenvalue weighted by Gasteiger charge is -2.07. The van der Waals surface area contributed by atoms with Gasteiger partial charge < -0.3 is 5.32 Å². The highest BCUT2D eigenvalue weighted by Gasteiger charge is 2.19. The fourth-order valence-electron chi connectivity index (χ4n) is 2.25. The van der Waals surface area contributed by atoms with Crippen LogP contribution in [0.2, 0.25) is 0 Å². The molecule has 2 aromatic rings. The van der Waals surface area contributed by atoms with E-state index in [1.165, 1.54) is 30.2 Å². The van der Waals surface area contributed by atoms with Gasteiger partial charge in [0.05, 0.1) is 5.52 Å². The van der Waals surface area contributed by atoms with Gasteiger partial charge in [0.15, 0.2) is 0 Å². The standard InChI is InChI=1S/C15H18N2/c1-3-13-5-2-9-17-15(13)14(4-1)11-16-10-8-12-6-7-12/h1-5,9,12,16H,6-8,10-11H2. The first kappa shape index (κ1) is 10.7. The van der Waals surface area contributed by atoms with Gasteiger partial charge in [-0.25, -0.2) is 0 Å². The van der Waals surface area contributed by atoms with Crippen LogP contribution in [-0.4, -0.2) is 11.5 Å². The quantitative estimate of drug-likeness (QED) is 0.792. The van der Waals surface area contributed by atoms with Gasteiger partial charge in [0.1, 0.15) is 0 Å². The maximum Gasteiger partial charge on any atom is 0.0746 e. The van der Waals surface area contributed by atoms with E-state index in [0.717, 1.165) is 24.5 Å². The zero-order valence-corrected chi connectivity index (χ0v) is 10.0. The van der Waals surface area contributed by atoms with E-state index in [2.05, 4.69) is 34.6 Å². The van der Waals surface area contributed by atoms with Gasteiger partial charge in [0, 0.05) is 18.1 Å². The minimum absolute atomic E-state index is 0.932. The highest BCUT2D eigenvalue weighted by atomic mass is 14.9. The summed E-state index contributed by atoms with van der Waals surface area (Å²) < 4.78 is 0. The number of benzene rings is 1. The first-order valence-corrected chi connectivity index (χ1v) is 6.47. The second-order valence-electron chi connectivity index (χ2n) is 4.90. The molecule has 1 aliphatic rings. The van der Waals surface area contributed by atoms with Gasteiger partial charge in [-0.3, -0.25) is 4.98 Å². The number of fused-ring (bicyclic) bond motifs is 1. The molecule has 88 valence electrons. The predicted octanol–water partition coefficient (Wildman–Crippen LogP) is 3.12.